The zero-order valence-corrected chi connectivity index (χ0v) is 47.8. The van der Waals surface area contributed by atoms with E-state index in [0.29, 0.717) is 19.3 Å². The first-order valence-electron chi connectivity index (χ1n) is 28.4. The molecular weight excluding hydrogens is 976 g/mol. The van der Waals surface area contributed by atoms with E-state index in [1.165, 1.54) is 0 Å². The highest BCUT2D eigenvalue weighted by molar-refractivity contribution is 7.47. The van der Waals surface area contributed by atoms with Gasteiger partial charge in [-0.15, -0.1) is 0 Å². The molecule has 0 bridgehead atoms. The van der Waals surface area contributed by atoms with E-state index in [4.69, 9.17) is 23.3 Å². The minimum atomic E-state index is -4.79. The molecule has 0 amide bonds. The van der Waals surface area contributed by atoms with Crippen LogP contribution < -0.4 is 0 Å². The van der Waals surface area contributed by atoms with Crippen molar-refractivity contribution < 1.29 is 52.2 Å². The first-order valence-corrected chi connectivity index (χ1v) is 29.9. The first-order chi connectivity index (χ1) is 37.2. The molecule has 0 heterocycles. The summed E-state index contributed by atoms with van der Waals surface area (Å²) in [6.07, 6.45) is 73.5. The maximum atomic E-state index is 12.9. The van der Waals surface area contributed by atoms with Crippen molar-refractivity contribution in [1.29, 1.82) is 0 Å². The summed E-state index contributed by atoms with van der Waals surface area (Å²) in [7, 11) is -4.79. The average Bonchev–Trinajstić information content (AvgIpc) is 3.41. The summed E-state index contributed by atoms with van der Waals surface area (Å²) >= 11 is 0. The molecule has 0 spiro atoms. The van der Waals surface area contributed by atoms with Gasteiger partial charge in [-0.05, 0) is 141 Å². The number of rotatable bonds is 50. The summed E-state index contributed by atoms with van der Waals surface area (Å²) in [6, 6.07) is 0. The van der Waals surface area contributed by atoms with Crippen molar-refractivity contribution in [2.75, 3.05) is 26.4 Å². The molecule has 0 radical (unpaired) electrons. The molecule has 0 rings (SSSR count). The molecule has 0 aromatic heterocycles. The van der Waals surface area contributed by atoms with Gasteiger partial charge in [-0.25, -0.2) is 4.57 Å². The summed E-state index contributed by atoms with van der Waals surface area (Å²) in [6.45, 7) is 4.13. The van der Waals surface area contributed by atoms with Gasteiger partial charge in [0.2, 0.25) is 0 Å². The predicted molar refractivity (Wildman–Crippen MR) is 315 cm³/mol. The standard InChI is InChI=1S/C64H99O11P/c1-4-7-10-13-16-19-22-25-28-29-30-31-34-37-40-43-46-49-52-55-64(68)75-61(57-71-62(66)53-50-47-44-41-38-35-32-26-23-20-17-14-11-8-5-2)59-73-76(69,70)72-58-60(56-65)74-63(67)54-51-48-45-42-39-36-33-27-24-21-18-15-12-9-6-3/h7-12,16-21,25-28,30-33,37-42,60-61,65H,4-6,13-15,22-24,29,34-36,43-59H2,1-3H3,(H,69,70)/b10-7-,11-8-,12-9-,19-16-,20-17-,21-18-,28-25-,31-30-,32-26-,33-27-,40-37-,41-38-,42-39-. The number of hydrogen-bond donors (Lipinski definition) is 2. The van der Waals surface area contributed by atoms with Crippen molar-refractivity contribution in [3.8, 4) is 0 Å². The maximum Gasteiger partial charge on any atom is 0.472 e. The van der Waals surface area contributed by atoms with Crippen molar-refractivity contribution in [3.05, 3.63) is 158 Å². The van der Waals surface area contributed by atoms with Crippen LogP contribution in [-0.2, 0) is 42.2 Å². The Hall–Kier alpha value is -4.90. The van der Waals surface area contributed by atoms with Gasteiger partial charge in [-0.2, -0.15) is 0 Å². The van der Waals surface area contributed by atoms with Crippen LogP contribution in [0.15, 0.2) is 158 Å². The fraction of sp³-hybridized carbons (Fsp3) is 0.547. The minimum absolute atomic E-state index is 0.106. The number of aliphatic hydroxyl groups is 1. The van der Waals surface area contributed by atoms with Gasteiger partial charge in [-0.1, -0.05) is 185 Å². The minimum Gasteiger partial charge on any atom is -0.462 e. The topological polar surface area (TPSA) is 155 Å². The highest BCUT2D eigenvalue weighted by Gasteiger charge is 2.28. The van der Waals surface area contributed by atoms with Crippen LogP contribution in [0.3, 0.4) is 0 Å². The smallest absolute Gasteiger partial charge is 0.462 e. The van der Waals surface area contributed by atoms with Crippen LogP contribution in [0.2, 0.25) is 0 Å². The molecule has 0 aromatic rings. The second-order valence-corrected chi connectivity index (χ2v) is 19.4. The number of unbranched alkanes of at least 4 members (excludes halogenated alkanes) is 7. The van der Waals surface area contributed by atoms with Crippen molar-refractivity contribution >= 4 is 25.7 Å². The lowest BCUT2D eigenvalue weighted by atomic mass is 10.1. The molecule has 0 aliphatic carbocycles. The lowest BCUT2D eigenvalue weighted by Gasteiger charge is -2.21. The Bertz CT molecular complexity index is 1880. The molecule has 0 fully saturated rings. The van der Waals surface area contributed by atoms with Crippen LogP contribution in [0.5, 0.6) is 0 Å². The van der Waals surface area contributed by atoms with Crippen LogP contribution in [0, 0.1) is 0 Å². The van der Waals surface area contributed by atoms with Gasteiger partial charge in [0.25, 0.3) is 0 Å². The van der Waals surface area contributed by atoms with E-state index in [-0.39, 0.29) is 25.9 Å². The molecule has 11 nitrogen and oxygen atoms in total. The lowest BCUT2D eigenvalue weighted by Crippen LogP contribution is -2.30. The Balaban J connectivity index is 4.92. The summed E-state index contributed by atoms with van der Waals surface area (Å²) in [5.41, 5.74) is 0. The van der Waals surface area contributed by atoms with Crippen LogP contribution in [0.1, 0.15) is 188 Å². The third-order valence-corrected chi connectivity index (χ3v) is 11.9. The van der Waals surface area contributed by atoms with Gasteiger partial charge in [0.05, 0.1) is 19.8 Å². The Labute approximate surface area is 460 Å². The Morgan fingerprint density at radius 3 is 0.987 bits per heavy atom. The number of allylic oxidation sites excluding steroid dienone is 26. The van der Waals surface area contributed by atoms with Crippen molar-refractivity contribution in [2.24, 2.45) is 0 Å². The van der Waals surface area contributed by atoms with Gasteiger partial charge in [-0.3, -0.25) is 23.4 Å². The molecule has 0 aromatic carbocycles. The van der Waals surface area contributed by atoms with E-state index in [1.54, 1.807) is 0 Å². The number of hydrogen-bond acceptors (Lipinski definition) is 10. The number of aliphatic hydroxyl groups excluding tert-OH is 1. The number of esters is 3. The SMILES string of the molecule is CC/C=C\C/C=C\C/C=C\C/C=C\C/C=C\CCCCCC(=O)OC(COC(=O)CCCC/C=C\C/C=C\C/C=C\C/C=C\CC)COP(=O)(O)OCC(CO)OC(=O)CCCC/C=C\C/C=C\C/C=C\C/C=C\CC. The molecule has 76 heavy (non-hydrogen) atoms. The van der Waals surface area contributed by atoms with E-state index >= 15 is 0 Å². The van der Waals surface area contributed by atoms with Gasteiger partial charge >= 0.3 is 25.7 Å². The summed E-state index contributed by atoms with van der Waals surface area (Å²) in [5.74, 6) is -1.62. The molecular formula is C64H99O11P. The van der Waals surface area contributed by atoms with Gasteiger partial charge in [0, 0.05) is 19.3 Å². The zero-order valence-electron chi connectivity index (χ0n) is 46.9. The third-order valence-electron chi connectivity index (χ3n) is 10.9. The number of carbonyl (C=O) groups is 3. The van der Waals surface area contributed by atoms with Crippen molar-refractivity contribution in [1.82, 2.24) is 0 Å². The summed E-state index contributed by atoms with van der Waals surface area (Å²) in [4.78, 5) is 48.5. The van der Waals surface area contributed by atoms with Crippen LogP contribution >= 0.6 is 7.82 Å². The fourth-order valence-electron chi connectivity index (χ4n) is 6.71. The van der Waals surface area contributed by atoms with Crippen molar-refractivity contribution in [2.45, 2.75) is 200 Å². The molecule has 426 valence electrons. The summed E-state index contributed by atoms with van der Waals surface area (Å²) in [5, 5.41) is 9.81. The quantitative estimate of drug-likeness (QED) is 0.0197. The molecule has 0 saturated carbocycles. The maximum absolute atomic E-state index is 12.9. The van der Waals surface area contributed by atoms with Crippen LogP contribution in [-0.4, -0.2) is 66.5 Å². The molecule has 3 atom stereocenters. The van der Waals surface area contributed by atoms with Gasteiger partial charge in [0.15, 0.2) is 6.10 Å². The molecule has 0 saturated heterocycles. The second kappa shape index (κ2) is 56.3. The van der Waals surface area contributed by atoms with Crippen LogP contribution in [0.4, 0.5) is 0 Å². The van der Waals surface area contributed by atoms with E-state index in [1.807, 2.05) is 0 Å². The number of carbonyl (C=O) groups excluding carboxylic acids is 3. The van der Waals surface area contributed by atoms with Crippen molar-refractivity contribution in [3.63, 3.8) is 0 Å². The number of phosphoric acid groups is 1. The predicted octanol–water partition coefficient (Wildman–Crippen LogP) is 16.9. The number of ether oxygens (including phenoxy) is 3. The number of phosphoric ester groups is 1. The highest BCUT2D eigenvalue weighted by Crippen LogP contribution is 2.43. The second-order valence-electron chi connectivity index (χ2n) is 18.0. The Kier molecular flexibility index (Phi) is 52.7. The first kappa shape index (κ1) is 71.1. The normalized spacial score (nSPS) is 14.5. The molecule has 12 heteroatoms. The zero-order chi connectivity index (χ0) is 55.5. The van der Waals surface area contributed by atoms with Crippen LogP contribution in [0.25, 0.3) is 0 Å². The Morgan fingerprint density at radius 2 is 0.645 bits per heavy atom. The lowest BCUT2D eigenvalue weighted by molar-refractivity contribution is -0.161. The fourth-order valence-corrected chi connectivity index (χ4v) is 7.50. The molecule has 2 N–H and O–H groups in total. The monoisotopic (exact) mass is 1070 g/mol. The largest absolute Gasteiger partial charge is 0.472 e. The highest BCUT2D eigenvalue weighted by atomic mass is 31.2. The molecule has 0 aliphatic heterocycles. The average molecular weight is 1080 g/mol. The van der Waals surface area contributed by atoms with Gasteiger partial charge < -0.3 is 24.2 Å². The van der Waals surface area contributed by atoms with E-state index < -0.39 is 57.8 Å². The third kappa shape index (κ3) is 53.9. The molecule has 3 unspecified atom stereocenters. The van der Waals surface area contributed by atoms with E-state index in [0.717, 1.165) is 128 Å². The van der Waals surface area contributed by atoms with E-state index in [2.05, 4.69) is 179 Å². The molecule has 0 aliphatic rings. The Morgan fingerprint density at radius 1 is 0.368 bits per heavy atom. The summed E-state index contributed by atoms with van der Waals surface area (Å²) < 4.78 is 39.4. The van der Waals surface area contributed by atoms with Gasteiger partial charge in [0.1, 0.15) is 12.7 Å². The van der Waals surface area contributed by atoms with E-state index in [9.17, 15) is 28.9 Å².